The molecule has 0 radical (unpaired) electrons. The average Bonchev–Trinajstić information content (AvgIpc) is 3.08. The Balaban J connectivity index is 0.000000272. The van der Waals surface area contributed by atoms with Gasteiger partial charge in [-0.25, -0.2) is 0 Å². The molecule has 0 heterocycles. The first-order valence-corrected chi connectivity index (χ1v) is 19.2. The molecule has 0 N–H and O–H groups in total. The van der Waals surface area contributed by atoms with Crippen LogP contribution in [0.15, 0.2) is 114 Å². The van der Waals surface area contributed by atoms with Gasteiger partial charge in [0.25, 0.3) is 10.1 Å². The van der Waals surface area contributed by atoms with E-state index in [9.17, 15) is 18.0 Å². The predicted octanol–water partition coefficient (Wildman–Crippen LogP) is 6.89. The summed E-state index contributed by atoms with van der Waals surface area (Å²) < 4.78 is 36.5. The van der Waals surface area contributed by atoms with Crippen molar-refractivity contribution in [2.24, 2.45) is 0 Å². The minimum atomic E-state index is -3.33. The summed E-state index contributed by atoms with van der Waals surface area (Å²) in [4.78, 5) is 24.8. The molecule has 0 saturated heterocycles. The number of carbonyl (C=O) groups excluding carboxylic acids is 2. The van der Waals surface area contributed by atoms with Gasteiger partial charge in [0.15, 0.2) is 0 Å². The van der Waals surface area contributed by atoms with E-state index in [2.05, 4.69) is 91.0 Å². The first kappa shape index (κ1) is 37.9. The molecule has 9 heteroatoms. The normalized spacial score (nSPS) is 13.5. The van der Waals surface area contributed by atoms with Crippen molar-refractivity contribution < 1.29 is 31.7 Å². The molecule has 252 valence electrons. The maximum absolute atomic E-state index is 12.5. The second-order valence-corrected chi connectivity index (χ2v) is 15.1. The van der Waals surface area contributed by atoms with Gasteiger partial charge in [-0.15, -0.1) is 0 Å². The highest BCUT2D eigenvalue weighted by molar-refractivity contribution is 7.86. The first-order valence-electron chi connectivity index (χ1n) is 16.1. The summed E-state index contributed by atoms with van der Waals surface area (Å²) in [6.07, 6.45) is 9.43. The van der Waals surface area contributed by atoms with Gasteiger partial charge < -0.3 is 9.47 Å². The highest BCUT2D eigenvalue weighted by Gasteiger charge is 2.34. The lowest BCUT2D eigenvalue weighted by Gasteiger charge is -2.20. The largest absolute Gasteiger partial charge is 0.489 e. The van der Waals surface area contributed by atoms with Crippen LogP contribution in [0.2, 0.25) is 0 Å². The highest BCUT2D eigenvalue weighted by Crippen LogP contribution is 2.32. The van der Waals surface area contributed by atoms with Gasteiger partial charge >= 0.3 is 0 Å². The molecule has 1 aliphatic carbocycles. The number of hydrogen-bond acceptors (Lipinski definition) is 7. The van der Waals surface area contributed by atoms with Crippen molar-refractivity contribution in [3.8, 4) is 0 Å². The number of methoxy groups -OCH3 is 2. The summed E-state index contributed by atoms with van der Waals surface area (Å²) in [7, 11) is -1.05. The Morgan fingerprint density at radius 3 is 1.36 bits per heavy atom. The lowest BCUT2D eigenvalue weighted by Crippen LogP contribution is -2.25. The van der Waals surface area contributed by atoms with Crippen LogP contribution in [0.4, 0.5) is 0 Å². The molecular formula is C38H47O7PS. The fourth-order valence-electron chi connectivity index (χ4n) is 5.35. The number of rotatable bonds is 17. The molecular weight excluding hydrogens is 631 g/mol. The molecule has 0 aliphatic heterocycles. The van der Waals surface area contributed by atoms with Crippen LogP contribution in [-0.4, -0.2) is 47.1 Å². The Morgan fingerprint density at radius 1 is 0.574 bits per heavy atom. The SMILES string of the molecule is COC1=C(OC)C(=O)C(CCCCCCCCCCOS(C)(=O)=O)=C(C)C1=O.c1ccc(P(c2ccccc2)c2ccccc2)cc1. The summed E-state index contributed by atoms with van der Waals surface area (Å²) in [5.41, 5.74) is 0.965. The minimum absolute atomic E-state index is 0.00653. The molecule has 0 bridgehead atoms. The van der Waals surface area contributed by atoms with Gasteiger partial charge in [0, 0.05) is 11.1 Å². The van der Waals surface area contributed by atoms with E-state index >= 15 is 0 Å². The van der Waals surface area contributed by atoms with Gasteiger partial charge in [0.2, 0.25) is 23.1 Å². The van der Waals surface area contributed by atoms with Crippen LogP contribution in [0.25, 0.3) is 0 Å². The molecule has 0 saturated carbocycles. The van der Waals surface area contributed by atoms with E-state index in [0.29, 0.717) is 17.6 Å². The van der Waals surface area contributed by atoms with Crippen LogP contribution in [-0.2, 0) is 33.4 Å². The molecule has 7 nitrogen and oxygen atoms in total. The van der Waals surface area contributed by atoms with Crippen molar-refractivity contribution in [1.29, 1.82) is 0 Å². The van der Waals surface area contributed by atoms with Crippen LogP contribution < -0.4 is 15.9 Å². The van der Waals surface area contributed by atoms with E-state index < -0.39 is 18.0 Å². The standard InChI is InChI=1S/C20H32O7S.C18H15P/c1-15-16(18(22)20(26-3)19(25-2)17(15)21)13-11-9-7-5-6-8-10-12-14-27-28(4,23)24;1-4-10-16(11-5-1)19(17-12-6-2-7-13-17)18-14-8-3-9-15-18/h5-14H2,1-4H3;1-15H. The second kappa shape index (κ2) is 19.9. The molecule has 0 amide bonds. The van der Waals surface area contributed by atoms with Crippen LogP contribution in [0.5, 0.6) is 0 Å². The van der Waals surface area contributed by atoms with Crippen molar-refractivity contribution in [2.45, 2.75) is 64.7 Å². The Labute approximate surface area is 281 Å². The van der Waals surface area contributed by atoms with E-state index in [1.54, 1.807) is 6.92 Å². The number of allylic oxidation sites excluding steroid dienone is 2. The summed E-state index contributed by atoms with van der Waals surface area (Å²) in [5, 5.41) is 4.19. The maximum Gasteiger partial charge on any atom is 0.264 e. The monoisotopic (exact) mass is 678 g/mol. The predicted molar refractivity (Wildman–Crippen MR) is 191 cm³/mol. The van der Waals surface area contributed by atoms with Crippen LogP contribution in [0.1, 0.15) is 64.7 Å². The fourth-order valence-corrected chi connectivity index (χ4v) is 8.07. The molecule has 3 aromatic carbocycles. The maximum atomic E-state index is 12.5. The zero-order valence-electron chi connectivity index (χ0n) is 27.9. The van der Waals surface area contributed by atoms with E-state index in [1.165, 1.54) is 30.1 Å². The highest BCUT2D eigenvalue weighted by atomic mass is 32.2. The molecule has 0 aromatic heterocycles. The first-order chi connectivity index (χ1) is 22.7. The third kappa shape index (κ3) is 12.2. The number of Topliss-reactive ketones (excluding diaryl/α,β-unsaturated/α-hetero) is 2. The van der Waals surface area contributed by atoms with E-state index in [-0.39, 0.29) is 29.7 Å². The van der Waals surface area contributed by atoms with Gasteiger partial charge in [-0.2, -0.15) is 8.42 Å². The summed E-state index contributed by atoms with van der Waals surface area (Å²) in [6, 6.07) is 32.3. The number of ether oxygens (including phenoxy) is 2. The number of carbonyl (C=O) groups is 2. The van der Waals surface area contributed by atoms with Gasteiger partial charge in [-0.1, -0.05) is 130 Å². The van der Waals surface area contributed by atoms with E-state index in [1.807, 2.05) is 0 Å². The lowest BCUT2D eigenvalue weighted by molar-refractivity contribution is -0.121. The van der Waals surface area contributed by atoms with Crippen LogP contribution in [0, 0.1) is 0 Å². The lowest BCUT2D eigenvalue weighted by atomic mass is 9.89. The molecule has 47 heavy (non-hydrogen) atoms. The molecule has 1 aliphatic rings. The Hall–Kier alpha value is -3.58. The van der Waals surface area contributed by atoms with Crippen molar-refractivity contribution in [1.82, 2.24) is 0 Å². The molecule has 0 spiro atoms. The Bertz CT molecular complexity index is 1490. The second-order valence-electron chi connectivity index (χ2n) is 11.3. The Kier molecular flexibility index (Phi) is 16.1. The molecule has 4 rings (SSSR count). The third-order valence-corrected chi connectivity index (χ3v) is 10.8. The van der Waals surface area contributed by atoms with Gasteiger partial charge in [0.05, 0.1) is 27.1 Å². The van der Waals surface area contributed by atoms with Crippen molar-refractivity contribution in [3.05, 3.63) is 114 Å². The summed E-state index contributed by atoms with van der Waals surface area (Å²) in [6.45, 7) is 1.91. The average molecular weight is 679 g/mol. The summed E-state index contributed by atoms with van der Waals surface area (Å²) >= 11 is 0. The number of ketones is 2. The molecule has 0 fully saturated rings. The fraction of sp³-hybridized carbons (Fsp3) is 0.368. The smallest absolute Gasteiger partial charge is 0.264 e. The molecule has 0 unspecified atom stereocenters. The van der Waals surface area contributed by atoms with Crippen LogP contribution in [0.3, 0.4) is 0 Å². The third-order valence-electron chi connectivity index (χ3n) is 7.76. The zero-order chi connectivity index (χ0) is 34.1. The topological polar surface area (TPSA) is 96.0 Å². The summed E-state index contributed by atoms with van der Waals surface area (Å²) in [5.74, 6) is -0.565. The quantitative estimate of drug-likeness (QED) is 0.0664. The number of unbranched alkanes of at least 4 members (excludes halogenated alkanes) is 7. The van der Waals surface area contributed by atoms with Crippen molar-refractivity contribution in [2.75, 3.05) is 27.1 Å². The minimum Gasteiger partial charge on any atom is -0.489 e. The van der Waals surface area contributed by atoms with Crippen molar-refractivity contribution in [3.63, 3.8) is 0 Å². The molecule has 0 atom stereocenters. The van der Waals surface area contributed by atoms with Crippen LogP contribution >= 0.6 is 7.92 Å². The van der Waals surface area contributed by atoms with Crippen molar-refractivity contribution >= 4 is 45.5 Å². The molecule has 3 aromatic rings. The zero-order valence-corrected chi connectivity index (χ0v) is 29.7. The number of hydrogen-bond donors (Lipinski definition) is 0. The number of benzene rings is 3. The van der Waals surface area contributed by atoms with E-state index in [0.717, 1.165) is 57.6 Å². The van der Waals surface area contributed by atoms with Gasteiger partial charge in [0.1, 0.15) is 0 Å². The van der Waals surface area contributed by atoms with E-state index in [4.69, 9.17) is 13.7 Å². The van der Waals surface area contributed by atoms with Gasteiger partial charge in [-0.05, 0) is 50.0 Å². The Morgan fingerprint density at radius 2 is 0.957 bits per heavy atom. The van der Waals surface area contributed by atoms with Gasteiger partial charge in [-0.3, -0.25) is 13.8 Å².